The van der Waals surface area contributed by atoms with E-state index in [1.807, 2.05) is 0 Å². The quantitative estimate of drug-likeness (QED) is 0.609. The number of imidazole rings is 1. The van der Waals surface area contributed by atoms with Gasteiger partial charge in [-0.25, -0.2) is 13.9 Å². The fourth-order valence-electron chi connectivity index (χ4n) is 2.00. The van der Waals surface area contributed by atoms with Gasteiger partial charge in [0.15, 0.2) is 0 Å². The molecule has 0 amide bonds. The molecule has 0 unspecified atom stereocenters. The Morgan fingerprint density at radius 2 is 1.90 bits per heavy atom. The van der Waals surface area contributed by atoms with Crippen LogP contribution in [0.4, 0.5) is 5.69 Å². The number of hydrogen-bond donors (Lipinski definition) is 0. The Balaban J connectivity index is 2.95. The van der Waals surface area contributed by atoms with E-state index in [0.29, 0.717) is 0 Å². The smallest absolute Gasteiger partial charge is 0.274 e. The zero-order chi connectivity index (χ0) is 15.0. The first-order valence-corrected chi connectivity index (χ1v) is 5.84. The molecule has 0 saturated heterocycles. The van der Waals surface area contributed by atoms with Gasteiger partial charge in [-0.05, 0) is 6.07 Å². The van der Waals surface area contributed by atoms with Crippen molar-refractivity contribution in [1.82, 2.24) is 9.13 Å². The molecule has 1 aromatic heterocycles. The summed E-state index contributed by atoms with van der Waals surface area (Å²) >= 11 is 0. The summed E-state index contributed by atoms with van der Waals surface area (Å²) in [6, 6.07) is 3.58. The Labute approximate surface area is 112 Å². The van der Waals surface area contributed by atoms with Gasteiger partial charge in [0.2, 0.25) is 11.8 Å². The van der Waals surface area contributed by atoms with Crippen molar-refractivity contribution in [2.24, 2.45) is 0 Å². The summed E-state index contributed by atoms with van der Waals surface area (Å²) in [5, 5.41) is 10.8. The number of hydrogen-bond acceptors (Lipinski definition) is 5. The maximum Gasteiger partial charge on any atom is 0.342 e. The van der Waals surface area contributed by atoms with Crippen LogP contribution in [-0.4, -0.2) is 25.9 Å². The number of fused-ring (bicyclic) bond motifs is 1. The van der Waals surface area contributed by atoms with E-state index in [0.717, 1.165) is 15.2 Å². The maximum absolute atomic E-state index is 12.1. The monoisotopic (exact) mass is 277 g/mol. The van der Waals surface area contributed by atoms with Crippen LogP contribution in [0.3, 0.4) is 0 Å². The number of nitro benzene ring substituents is 1. The van der Waals surface area contributed by atoms with E-state index in [2.05, 4.69) is 0 Å². The van der Waals surface area contributed by atoms with Crippen LogP contribution >= 0.6 is 0 Å². The van der Waals surface area contributed by atoms with Crippen molar-refractivity contribution in [3.63, 3.8) is 0 Å². The zero-order valence-corrected chi connectivity index (χ0v) is 10.8. The van der Waals surface area contributed by atoms with Gasteiger partial charge in [-0.1, -0.05) is 6.92 Å². The molecule has 0 atom stereocenters. The summed E-state index contributed by atoms with van der Waals surface area (Å²) in [5.74, 6) is -1.09. The van der Waals surface area contributed by atoms with Crippen molar-refractivity contribution in [3.05, 3.63) is 38.8 Å². The number of nitrogens with zero attached hydrogens (tertiary/aromatic N) is 3. The van der Waals surface area contributed by atoms with E-state index in [1.165, 1.54) is 19.1 Å². The minimum Gasteiger partial charge on any atom is -0.274 e. The van der Waals surface area contributed by atoms with Crippen molar-refractivity contribution in [2.45, 2.75) is 20.3 Å². The van der Waals surface area contributed by atoms with Crippen LogP contribution < -0.4 is 5.69 Å². The van der Waals surface area contributed by atoms with Gasteiger partial charge in [-0.15, -0.1) is 0 Å². The average molecular weight is 277 g/mol. The van der Waals surface area contributed by atoms with Gasteiger partial charge >= 0.3 is 5.69 Å². The summed E-state index contributed by atoms with van der Waals surface area (Å²) in [6.07, 6.45) is 0.0413. The highest BCUT2D eigenvalue weighted by Crippen LogP contribution is 2.20. The molecule has 1 aromatic carbocycles. The van der Waals surface area contributed by atoms with Crippen LogP contribution in [0.1, 0.15) is 29.9 Å². The third-order valence-corrected chi connectivity index (χ3v) is 2.90. The Kier molecular flexibility index (Phi) is 3.23. The van der Waals surface area contributed by atoms with Crippen molar-refractivity contribution in [3.8, 4) is 0 Å². The minimum absolute atomic E-state index is 0.0413. The molecule has 8 heteroatoms. The fraction of sp³-hybridized carbons (Fsp3) is 0.250. The molecule has 0 radical (unpaired) electrons. The summed E-state index contributed by atoms with van der Waals surface area (Å²) in [7, 11) is 0. The number of benzene rings is 1. The highest BCUT2D eigenvalue weighted by molar-refractivity contribution is 5.96. The zero-order valence-electron chi connectivity index (χ0n) is 10.8. The lowest BCUT2D eigenvalue weighted by Crippen LogP contribution is -2.30. The van der Waals surface area contributed by atoms with Crippen molar-refractivity contribution in [2.75, 3.05) is 0 Å². The van der Waals surface area contributed by atoms with Crippen LogP contribution in [0.15, 0.2) is 23.0 Å². The van der Waals surface area contributed by atoms with Crippen LogP contribution in [0.5, 0.6) is 0 Å². The molecule has 104 valence electrons. The first-order chi connectivity index (χ1) is 9.38. The highest BCUT2D eigenvalue weighted by Gasteiger charge is 2.21. The predicted molar refractivity (Wildman–Crippen MR) is 70.1 cm³/mol. The summed E-state index contributed by atoms with van der Waals surface area (Å²) < 4.78 is 1.62. The molecule has 0 spiro atoms. The molecule has 0 saturated carbocycles. The van der Waals surface area contributed by atoms with Gasteiger partial charge < -0.3 is 0 Å². The molecule has 0 N–H and O–H groups in total. The lowest BCUT2D eigenvalue weighted by molar-refractivity contribution is -0.384. The Morgan fingerprint density at radius 1 is 1.25 bits per heavy atom. The molecule has 8 nitrogen and oxygen atoms in total. The predicted octanol–water partition coefficient (Wildman–Crippen LogP) is 1.42. The summed E-state index contributed by atoms with van der Waals surface area (Å²) in [4.78, 5) is 45.6. The second-order valence-electron chi connectivity index (χ2n) is 4.15. The van der Waals surface area contributed by atoms with Gasteiger partial charge in [0.05, 0.1) is 16.0 Å². The van der Waals surface area contributed by atoms with Crippen LogP contribution in [0.2, 0.25) is 0 Å². The van der Waals surface area contributed by atoms with Gasteiger partial charge in [0.1, 0.15) is 0 Å². The topological polar surface area (TPSA) is 104 Å². The van der Waals surface area contributed by atoms with E-state index in [9.17, 15) is 24.5 Å². The van der Waals surface area contributed by atoms with Crippen molar-refractivity contribution < 1.29 is 14.5 Å². The third-order valence-electron chi connectivity index (χ3n) is 2.90. The number of nitro groups is 1. The molecule has 0 aliphatic rings. The number of aromatic nitrogens is 2. The number of carbonyl (C=O) groups is 2. The van der Waals surface area contributed by atoms with E-state index >= 15 is 0 Å². The van der Waals surface area contributed by atoms with Crippen molar-refractivity contribution in [1.29, 1.82) is 0 Å². The normalized spacial score (nSPS) is 10.7. The Bertz CT molecular complexity index is 799. The maximum atomic E-state index is 12.1. The van der Waals surface area contributed by atoms with Crippen LogP contribution in [-0.2, 0) is 0 Å². The fourth-order valence-corrected chi connectivity index (χ4v) is 2.00. The number of non-ortho nitro benzene ring substituents is 1. The van der Waals surface area contributed by atoms with Gasteiger partial charge in [0.25, 0.3) is 5.69 Å². The second kappa shape index (κ2) is 4.72. The molecule has 0 aliphatic heterocycles. The number of rotatable bonds is 2. The van der Waals surface area contributed by atoms with Crippen LogP contribution in [0, 0.1) is 10.1 Å². The second-order valence-corrected chi connectivity index (χ2v) is 4.15. The van der Waals surface area contributed by atoms with Gasteiger partial charge in [-0.3, -0.25) is 19.7 Å². The first-order valence-electron chi connectivity index (χ1n) is 5.84. The largest absolute Gasteiger partial charge is 0.342 e. The van der Waals surface area contributed by atoms with E-state index in [1.54, 1.807) is 6.92 Å². The third kappa shape index (κ3) is 1.91. The molecule has 2 rings (SSSR count). The first kappa shape index (κ1) is 13.7. The molecule has 2 aromatic rings. The molecular weight excluding hydrogens is 266 g/mol. The van der Waals surface area contributed by atoms with Crippen molar-refractivity contribution >= 4 is 28.5 Å². The highest BCUT2D eigenvalue weighted by atomic mass is 16.6. The molecule has 0 aliphatic carbocycles. The van der Waals surface area contributed by atoms with E-state index in [4.69, 9.17) is 0 Å². The average Bonchev–Trinajstić information content (AvgIpc) is 2.68. The summed E-state index contributed by atoms with van der Waals surface area (Å²) in [5.41, 5.74) is -0.822. The Morgan fingerprint density at radius 3 is 2.40 bits per heavy atom. The molecule has 20 heavy (non-hydrogen) atoms. The minimum atomic E-state index is -0.806. The lowest BCUT2D eigenvalue weighted by Gasteiger charge is -1.98. The summed E-state index contributed by atoms with van der Waals surface area (Å²) in [6.45, 7) is 2.74. The Hall–Kier alpha value is -2.77. The van der Waals surface area contributed by atoms with E-state index < -0.39 is 22.4 Å². The molecule has 0 bridgehead atoms. The number of carbonyl (C=O) groups excluding carboxylic acids is 2. The standard InChI is InChI=1S/C12H11N3O5/c1-3-11(17)14-10-6-8(15(19)20)4-5-9(10)13(7(2)16)12(14)18/h4-6H,3H2,1-2H3. The SMILES string of the molecule is CCC(=O)n1c(=O)n(C(C)=O)c2ccc([N+](=O)[O-])cc21. The van der Waals surface area contributed by atoms with E-state index in [-0.39, 0.29) is 23.1 Å². The molecular formula is C12H11N3O5. The molecule has 1 heterocycles. The van der Waals surface area contributed by atoms with Crippen LogP contribution in [0.25, 0.3) is 11.0 Å². The lowest BCUT2D eigenvalue weighted by atomic mass is 10.2. The van der Waals surface area contributed by atoms with Gasteiger partial charge in [0, 0.05) is 25.5 Å². The molecule has 0 fully saturated rings. The van der Waals surface area contributed by atoms with Gasteiger partial charge in [-0.2, -0.15) is 0 Å².